The molecule has 0 saturated carbocycles. The van der Waals surface area contributed by atoms with E-state index in [0.717, 1.165) is 0 Å². The van der Waals surface area contributed by atoms with Gasteiger partial charge in [-0.2, -0.15) is 4.98 Å². The molecule has 0 radical (unpaired) electrons. The Balaban J connectivity index is 1.62. The molecule has 1 aliphatic heterocycles. The Bertz CT molecular complexity index is 1210. The number of ether oxygens (including phenoxy) is 1. The van der Waals surface area contributed by atoms with E-state index >= 15 is 0 Å². The zero-order chi connectivity index (χ0) is 22.0. The van der Waals surface area contributed by atoms with Gasteiger partial charge in [-0.3, -0.25) is 19.4 Å². The molecule has 2 heterocycles. The van der Waals surface area contributed by atoms with Gasteiger partial charge in [-0.15, -0.1) is 0 Å². The highest BCUT2D eigenvalue weighted by molar-refractivity contribution is 6.04. The number of anilines is 4. The van der Waals surface area contributed by atoms with Crippen LogP contribution in [0.4, 0.5) is 27.5 Å². The van der Waals surface area contributed by atoms with E-state index < -0.39 is 29.1 Å². The van der Waals surface area contributed by atoms with Gasteiger partial charge in [-0.05, 0) is 36.4 Å². The van der Waals surface area contributed by atoms with Crippen molar-refractivity contribution < 1.29 is 18.7 Å². The van der Waals surface area contributed by atoms with Gasteiger partial charge in [0.05, 0.1) is 24.3 Å². The molecule has 1 unspecified atom stereocenters. The first-order chi connectivity index (χ1) is 14.9. The van der Waals surface area contributed by atoms with Gasteiger partial charge in [0, 0.05) is 12.1 Å². The van der Waals surface area contributed by atoms with E-state index in [-0.39, 0.29) is 29.4 Å². The molecular formula is C21H18FN5O4. The Morgan fingerprint density at radius 2 is 1.90 bits per heavy atom. The van der Waals surface area contributed by atoms with Crippen molar-refractivity contribution in [2.45, 2.75) is 12.3 Å². The molecule has 1 aliphatic rings. The largest absolute Gasteiger partial charge is 0.497 e. The smallest absolute Gasteiger partial charge is 0.258 e. The number of H-pyrrole nitrogens is 1. The van der Waals surface area contributed by atoms with Crippen molar-refractivity contribution in [1.82, 2.24) is 9.97 Å². The van der Waals surface area contributed by atoms with Gasteiger partial charge in [0.1, 0.15) is 17.4 Å². The van der Waals surface area contributed by atoms with Crippen molar-refractivity contribution in [2.24, 2.45) is 0 Å². The average Bonchev–Trinajstić information content (AvgIpc) is 2.75. The van der Waals surface area contributed by atoms with E-state index in [2.05, 4.69) is 25.9 Å². The second-order valence-corrected chi connectivity index (χ2v) is 6.80. The molecule has 0 aliphatic carbocycles. The van der Waals surface area contributed by atoms with Crippen LogP contribution in [0.1, 0.15) is 17.9 Å². The van der Waals surface area contributed by atoms with Gasteiger partial charge in [0.15, 0.2) is 0 Å². The molecule has 3 aromatic rings. The van der Waals surface area contributed by atoms with Gasteiger partial charge < -0.3 is 20.7 Å². The number of halogens is 1. The molecular weight excluding hydrogens is 405 g/mol. The average molecular weight is 423 g/mol. The van der Waals surface area contributed by atoms with Crippen molar-refractivity contribution >= 4 is 35.0 Å². The molecule has 0 saturated heterocycles. The molecule has 0 spiro atoms. The minimum atomic E-state index is -1.12. The number of nitrogens with zero attached hydrogens (tertiary/aromatic N) is 1. The predicted molar refractivity (Wildman–Crippen MR) is 112 cm³/mol. The first-order valence-electron chi connectivity index (χ1n) is 9.35. The minimum Gasteiger partial charge on any atom is -0.497 e. The lowest BCUT2D eigenvalue weighted by Crippen LogP contribution is -2.36. The SMILES string of the molecule is COc1ccc(Nc2nc3c(c(=O)[nH]2)C(C(=O)Nc2ccccc2F)CC(=O)N3)cc1. The number of benzene rings is 2. The molecule has 2 amide bonds. The van der Waals surface area contributed by atoms with Crippen LogP contribution in [0.2, 0.25) is 0 Å². The molecule has 4 rings (SSSR count). The third kappa shape index (κ3) is 4.22. The zero-order valence-corrected chi connectivity index (χ0v) is 16.4. The lowest BCUT2D eigenvalue weighted by Gasteiger charge is -2.23. The van der Waals surface area contributed by atoms with Crippen LogP contribution < -0.4 is 26.2 Å². The highest BCUT2D eigenvalue weighted by atomic mass is 19.1. The first kappa shape index (κ1) is 20.1. The highest BCUT2D eigenvalue weighted by Gasteiger charge is 2.35. The summed E-state index contributed by atoms with van der Waals surface area (Å²) in [4.78, 5) is 44.5. The summed E-state index contributed by atoms with van der Waals surface area (Å²) in [6.07, 6.45) is -0.261. The maximum Gasteiger partial charge on any atom is 0.258 e. The van der Waals surface area contributed by atoms with Crippen LogP contribution in [0.3, 0.4) is 0 Å². The van der Waals surface area contributed by atoms with E-state index in [1.54, 1.807) is 37.4 Å². The fraction of sp³-hybridized carbons (Fsp3) is 0.143. The van der Waals surface area contributed by atoms with Crippen molar-refractivity contribution in [1.29, 1.82) is 0 Å². The summed E-state index contributed by atoms with van der Waals surface area (Å²) < 4.78 is 19.0. The van der Waals surface area contributed by atoms with E-state index in [1.165, 1.54) is 18.2 Å². The standard InChI is InChI=1S/C21H18FN5O4/c1-31-12-8-6-11(7-9-12)23-21-26-18-17(20(30)27-21)13(10-16(28)25-18)19(29)24-15-5-3-2-4-14(15)22/h2-9,13H,10H2,1H3,(H,24,29)(H3,23,25,26,27,28,30). The second-order valence-electron chi connectivity index (χ2n) is 6.80. The van der Waals surface area contributed by atoms with Crippen molar-refractivity contribution in [3.05, 3.63) is 70.3 Å². The summed E-state index contributed by atoms with van der Waals surface area (Å²) in [5, 5.41) is 7.88. The quantitative estimate of drug-likeness (QED) is 0.500. The van der Waals surface area contributed by atoms with Crippen LogP contribution in [-0.4, -0.2) is 28.9 Å². The van der Waals surface area contributed by atoms with Crippen LogP contribution in [0.25, 0.3) is 0 Å². The number of rotatable bonds is 5. The van der Waals surface area contributed by atoms with Gasteiger partial charge >= 0.3 is 0 Å². The number of amides is 2. The molecule has 4 N–H and O–H groups in total. The van der Waals surface area contributed by atoms with Crippen LogP contribution in [0.5, 0.6) is 5.75 Å². The molecule has 1 atom stereocenters. The van der Waals surface area contributed by atoms with Crippen molar-refractivity contribution in [2.75, 3.05) is 23.1 Å². The van der Waals surface area contributed by atoms with E-state index in [1.807, 2.05) is 0 Å². The lowest BCUT2D eigenvalue weighted by molar-refractivity contribution is -0.123. The highest BCUT2D eigenvalue weighted by Crippen LogP contribution is 2.30. The summed E-state index contributed by atoms with van der Waals surface area (Å²) >= 11 is 0. The Hall–Kier alpha value is -4.21. The molecule has 9 nitrogen and oxygen atoms in total. The van der Waals surface area contributed by atoms with Crippen molar-refractivity contribution in [3.8, 4) is 5.75 Å². The molecule has 2 aromatic carbocycles. The minimum absolute atomic E-state index is 0.00807. The number of aromatic amines is 1. The number of carbonyl (C=O) groups is 2. The maximum absolute atomic E-state index is 13.9. The van der Waals surface area contributed by atoms with E-state index in [4.69, 9.17) is 4.74 Å². The van der Waals surface area contributed by atoms with Gasteiger partial charge in [-0.1, -0.05) is 12.1 Å². The summed E-state index contributed by atoms with van der Waals surface area (Å²) in [7, 11) is 1.55. The van der Waals surface area contributed by atoms with Crippen LogP contribution in [-0.2, 0) is 9.59 Å². The van der Waals surface area contributed by atoms with Gasteiger partial charge in [-0.25, -0.2) is 4.39 Å². The lowest BCUT2D eigenvalue weighted by atomic mass is 9.92. The monoisotopic (exact) mass is 423 g/mol. The summed E-state index contributed by atoms with van der Waals surface area (Å²) in [5.41, 5.74) is 0.00510. The Labute approximate surface area is 175 Å². The molecule has 0 bridgehead atoms. The number of nitrogens with one attached hydrogen (secondary N) is 4. The van der Waals surface area contributed by atoms with Crippen LogP contribution in [0, 0.1) is 5.82 Å². The van der Waals surface area contributed by atoms with Crippen LogP contribution >= 0.6 is 0 Å². The number of methoxy groups -OCH3 is 1. The molecule has 158 valence electrons. The zero-order valence-electron chi connectivity index (χ0n) is 16.4. The first-order valence-corrected chi connectivity index (χ1v) is 9.35. The van der Waals surface area contributed by atoms with E-state index in [0.29, 0.717) is 11.4 Å². The number of aromatic nitrogens is 2. The molecule has 1 aromatic heterocycles. The predicted octanol–water partition coefficient (Wildman–Crippen LogP) is 2.73. The molecule has 0 fully saturated rings. The maximum atomic E-state index is 13.9. The van der Waals surface area contributed by atoms with E-state index in [9.17, 15) is 18.8 Å². The fourth-order valence-corrected chi connectivity index (χ4v) is 3.25. The van der Waals surface area contributed by atoms with Crippen LogP contribution in [0.15, 0.2) is 53.3 Å². The number of hydrogen-bond acceptors (Lipinski definition) is 6. The number of para-hydroxylation sites is 1. The normalized spacial score (nSPS) is 14.9. The number of carbonyl (C=O) groups excluding carboxylic acids is 2. The van der Waals surface area contributed by atoms with Gasteiger partial charge in [0.2, 0.25) is 17.8 Å². The van der Waals surface area contributed by atoms with Crippen molar-refractivity contribution in [3.63, 3.8) is 0 Å². The Morgan fingerprint density at radius 1 is 1.16 bits per heavy atom. The number of fused-ring (bicyclic) bond motifs is 1. The fourth-order valence-electron chi connectivity index (χ4n) is 3.25. The topological polar surface area (TPSA) is 125 Å². The number of hydrogen-bond donors (Lipinski definition) is 4. The molecule has 10 heteroatoms. The summed E-state index contributed by atoms with van der Waals surface area (Å²) in [6, 6.07) is 12.5. The summed E-state index contributed by atoms with van der Waals surface area (Å²) in [5.74, 6) is -2.17. The summed E-state index contributed by atoms with van der Waals surface area (Å²) in [6.45, 7) is 0. The second kappa shape index (κ2) is 8.27. The molecule has 31 heavy (non-hydrogen) atoms. The van der Waals surface area contributed by atoms with Gasteiger partial charge in [0.25, 0.3) is 5.56 Å². The third-order valence-corrected chi connectivity index (χ3v) is 4.75. The third-order valence-electron chi connectivity index (χ3n) is 4.75. The Kier molecular flexibility index (Phi) is 5.35. The Morgan fingerprint density at radius 3 is 2.61 bits per heavy atom.